The van der Waals surface area contributed by atoms with E-state index in [0.717, 1.165) is 16.7 Å². The van der Waals surface area contributed by atoms with Crippen LogP contribution in [0.2, 0.25) is 5.02 Å². The maximum Gasteiger partial charge on any atom is 0.417 e. The molecule has 2 aromatic rings. The molecular formula is C11H12ClF3N4O. The van der Waals surface area contributed by atoms with Gasteiger partial charge in [0, 0.05) is 19.2 Å². The van der Waals surface area contributed by atoms with Crippen molar-refractivity contribution in [2.24, 2.45) is 5.73 Å². The Kier molecular flexibility index (Phi) is 3.66. The summed E-state index contributed by atoms with van der Waals surface area (Å²) in [6.07, 6.45) is -3.72. The van der Waals surface area contributed by atoms with Crippen LogP contribution >= 0.6 is 11.6 Å². The Morgan fingerprint density at radius 2 is 2.05 bits per heavy atom. The third-order valence-corrected chi connectivity index (χ3v) is 3.11. The van der Waals surface area contributed by atoms with Crippen molar-refractivity contribution in [2.75, 3.05) is 6.54 Å². The molecule has 110 valence electrons. The van der Waals surface area contributed by atoms with Crippen LogP contribution in [0, 0.1) is 0 Å². The number of alkyl halides is 3. The maximum atomic E-state index is 12.8. The van der Waals surface area contributed by atoms with E-state index in [0.29, 0.717) is 0 Å². The Labute approximate surface area is 117 Å². The molecule has 0 aliphatic carbocycles. The third-order valence-electron chi connectivity index (χ3n) is 2.84. The van der Waals surface area contributed by atoms with E-state index in [1.807, 2.05) is 0 Å². The third kappa shape index (κ3) is 2.87. The summed E-state index contributed by atoms with van der Waals surface area (Å²) in [6.45, 7) is 1.40. The number of hydrogen-bond donors (Lipinski definition) is 2. The fraction of sp³-hybridized carbons (Fsp3) is 0.455. The summed E-state index contributed by atoms with van der Waals surface area (Å²) in [5.74, 6) is 0.156. The molecule has 0 spiro atoms. The topological polar surface area (TPSA) is 76.4 Å². The number of pyridine rings is 1. The lowest BCUT2D eigenvalue weighted by Gasteiger charge is -2.19. The first kappa shape index (κ1) is 15.0. The molecule has 0 aromatic carbocycles. The Bertz CT molecular complexity index is 638. The summed E-state index contributed by atoms with van der Waals surface area (Å²) < 4.78 is 39.4. The average molecular weight is 309 g/mol. The first-order valence-corrected chi connectivity index (χ1v) is 6.05. The summed E-state index contributed by atoms with van der Waals surface area (Å²) >= 11 is 5.78. The summed E-state index contributed by atoms with van der Waals surface area (Å²) in [7, 11) is 0. The van der Waals surface area contributed by atoms with Gasteiger partial charge in [0.1, 0.15) is 5.82 Å². The number of nitrogens with zero attached hydrogens (tertiary/aromatic N) is 3. The molecule has 1 atom stereocenters. The lowest BCUT2D eigenvalue weighted by atomic mass is 10.0. The molecule has 0 saturated heterocycles. The second-order valence-electron chi connectivity index (χ2n) is 4.76. The van der Waals surface area contributed by atoms with Crippen molar-refractivity contribution in [3.63, 3.8) is 0 Å². The molecule has 2 aromatic heterocycles. The Morgan fingerprint density at radius 1 is 1.40 bits per heavy atom. The van der Waals surface area contributed by atoms with Gasteiger partial charge >= 0.3 is 6.18 Å². The number of hydrogen-bond acceptors (Lipinski definition) is 4. The first-order valence-electron chi connectivity index (χ1n) is 5.67. The van der Waals surface area contributed by atoms with Crippen LogP contribution in [0.5, 0.6) is 0 Å². The number of aromatic nitrogens is 3. The van der Waals surface area contributed by atoms with Crippen molar-refractivity contribution in [3.05, 3.63) is 28.7 Å². The van der Waals surface area contributed by atoms with E-state index < -0.39 is 17.3 Å². The summed E-state index contributed by atoms with van der Waals surface area (Å²) in [5.41, 5.74) is 3.28. The van der Waals surface area contributed by atoms with Gasteiger partial charge in [-0.1, -0.05) is 11.6 Å². The van der Waals surface area contributed by atoms with Crippen molar-refractivity contribution in [3.8, 4) is 0 Å². The van der Waals surface area contributed by atoms with Crippen molar-refractivity contribution in [2.45, 2.75) is 25.1 Å². The predicted molar refractivity (Wildman–Crippen MR) is 66.4 cm³/mol. The van der Waals surface area contributed by atoms with Gasteiger partial charge in [-0.05, 0) is 13.0 Å². The highest BCUT2D eigenvalue weighted by molar-refractivity contribution is 6.33. The van der Waals surface area contributed by atoms with Crippen molar-refractivity contribution >= 4 is 17.2 Å². The van der Waals surface area contributed by atoms with E-state index in [2.05, 4.69) is 10.2 Å². The first-order chi connectivity index (χ1) is 9.14. The average Bonchev–Trinajstić information content (AvgIpc) is 2.71. The number of rotatable bonds is 3. The lowest BCUT2D eigenvalue weighted by molar-refractivity contribution is -0.137. The molecule has 2 rings (SSSR count). The van der Waals surface area contributed by atoms with Gasteiger partial charge in [-0.3, -0.25) is 4.40 Å². The second-order valence-corrected chi connectivity index (χ2v) is 5.17. The van der Waals surface area contributed by atoms with E-state index in [-0.39, 0.29) is 29.5 Å². The SMILES string of the molecule is CC(O)(CN)Cc1nnc2c(Cl)cc(C(F)(F)F)cn12. The molecule has 0 amide bonds. The van der Waals surface area contributed by atoms with Crippen LogP contribution in [0.4, 0.5) is 13.2 Å². The van der Waals surface area contributed by atoms with Gasteiger partial charge in [0.2, 0.25) is 0 Å². The number of fused-ring (bicyclic) bond motifs is 1. The van der Waals surface area contributed by atoms with Gasteiger partial charge in [-0.15, -0.1) is 10.2 Å². The molecule has 0 fully saturated rings. The largest absolute Gasteiger partial charge is 0.417 e. The fourth-order valence-electron chi connectivity index (χ4n) is 1.69. The number of nitrogens with two attached hydrogens (primary N) is 1. The zero-order valence-electron chi connectivity index (χ0n) is 10.4. The smallest absolute Gasteiger partial charge is 0.388 e. The number of halogens is 4. The summed E-state index contributed by atoms with van der Waals surface area (Å²) in [6, 6.07) is 0.788. The van der Waals surface area contributed by atoms with Gasteiger partial charge in [-0.2, -0.15) is 13.2 Å². The van der Waals surface area contributed by atoms with Crippen LogP contribution in [0.3, 0.4) is 0 Å². The van der Waals surface area contributed by atoms with Gasteiger partial charge < -0.3 is 10.8 Å². The molecule has 3 N–H and O–H groups in total. The van der Waals surface area contributed by atoms with Crippen molar-refractivity contribution in [1.29, 1.82) is 0 Å². The molecule has 0 saturated carbocycles. The number of aliphatic hydroxyl groups is 1. The van der Waals surface area contributed by atoms with Crippen LogP contribution in [0.15, 0.2) is 12.3 Å². The fourth-order valence-corrected chi connectivity index (χ4v) is 1.93. The molecule has 5 nitrogen and oxygen atoms in total. The monoisotopic (exact) mass is 308 g/mol. The highest BCUT2D eigenvalue weighted by Gasteiger charge is 2.32. The molecule has 9 heteroatoms. The molecule has 0 radical (unpaired) electrons. The van der Waals surface area contributed by atoms with Crippen LogP contribution in [0.25, 0.3) is 5.65 Å². The molecule has 1 unspecified atom stereocenters. The minimum absolute atomic E-state index is 0.0394. The van der Waals surface area contributed by atoms with Gasteiger partial charge in [0.05, 0.1) is 16.2 Å². The van der Waals surface area contributed by atoms with Crippen LogP contribution in [-0.2, 0) is 12.6 Å². The van der Waals surface area contributed by atoms with E-state index in [1.54, 1.807) is 0 Å². The van der Waals surface area contributed by atoms with Crippen LogP contribution < -0.4 is 5.73 Å². The quantitative estimate of drug-likeness (QED) is 0.904. The molecule has 2 heterocycles. The summed E-state index contributed by atoms with van der Waals surface area (Å²) in [5, 5.41) is 17.2. The maximum absolute atomic E-state index is 12.8. The minimum atomic E-state index is -4.53. The van der Waals surface area contributed by atoms with Gasteiger partial charge in [0.25, 0.3) is 0 Å². The van der Waals surface area contributed by atoms with E-state index in [4.69, 9.17) is 17.3 Å². The Balaban J connectivity index is 2.56. The lowest BCUT2D eigenvalue weighted by Crippen LogP contribution is -2.37. The highest BCUT2D eigenvalue weighted by atomic mass is 35.5. The standard InChI is InChI=1S/C11H12ClF3N4O/c1-10(20,5-16)3-8-17-18-9-7(12)2-6(4-19(8)9)11(13,14)15/h2,4,20H,3,5,16H2,1H3. The molecule has 20 heavy (non-hydrogen) atoms. The van der Waals surface area contributed by atoms with Crippen molar-refractivity contribution in [1.82, 2.24) is 14.6 Å². The second kappa shape index (κ2) is 4.87. The van der Waals surface area contributed by atoms with E-state index >= 15 is 0 Å². The molecule has 0 bridgehead atoms. The van der Waals surface area contributed by atoms with Crippen LogP contribution in [-0.4, -0.2) is 31.9 Å². The molecular weight excluding hydrogens is 297 g/mol. The van der Waals surface area contributed by atoms with Gasteiger partial charge in [0.15, 0.2) is 5.65 Å². The Morgan fingerprint density at radius 3 is 2.60 bits per heavy atom. The van der Waals surface area contributed by atoms with E-state index in [9.17, 15) is 18.3 Å². The van der Waals surface area contributed by atoms with Crippen LogP contribution in [0.1, 0.15) is 18.3 Å². The molecule has 0 aliphatic heterocycles. The minimum Gasteiger partial charge on any atom is -0.388 e. The predicted octanol–water partition coefficient (Wildman–Crippen LogP) is 1.65. The molecule has 0 aliphatic rings. The Hall–Kier alpha value is -1.38. The zero-order valence-corrected chi connectivity index (χ0v) is 11.2. The van der Waals surface area contributed by atoms with Crippen molar-refractivity contribution < 1.29 is 18.3 Å². The highest BCUT2D eigenvalue weighted by Crippen LogP contribution is 2.32. The van der Waals surface area contributed by atoms with E-state index in [1.165, 1.54) is 6.92 Å². The van der Waals surface area contributed by atoms with Gasteiger partial charge in [-0.25, -0.2) is 0 Å². The zero-order chi connectivity index (χ0) is 15.1. The normalized spacial score (nSPS) is 15.6. The summed E-state index contributed by atoms with van der Waals surface area (Å²) in [4.78, 5) is 0.